The summed E-state index contributed by atoms with van der Waals surface area (Å²) in [6.45, 7) is 6.90. The van der Waals surface area contributed by atoms with Crippen LogP contribution >= 0.6 is 27.3 Å². The second-order valence-electron chi connectivity index (χ2n) is 5.56. The van der Waals surface area contributed by atoms with Crippen molar-refractivity contribution in [2.75, 3.05) is 13.1 Å². The van der Waals surface area contributed by atoms with Gasteiger partial charge in [0.2, 0.25) is 0 Å². The number of benzene rings is 1. The van der Waals surface area contributed by atoms with Crippen LogP contribution in [0.25, 0.3) is 10.1 Å². The molecule has 0 amide bonds. The Bertz CT molecular complexity index is 535. The van der Waals surface area contributed by atoms with Crippen LogP contribution in [-0.4, -0.2) is 13.1 Å². The third-order valence-electron chi connectivity index (χ3n) is 3.78. The third kappa shape index (κ3) is 4.31. The lowest BCUT2D eigenvalue weighted by atomic mass is 9.98. The molecule has 20 heavy (non-hydrogen) atoms. The first-order valence-electron chi connectivity index (χ1n) is 7.57. The van der Waals surface area contributed by atoms with Crippen molar-refractivity contribution in [2.24, 2.45) is 5.92 Å². The quantitative estimate of drug-likeness (QED) is 0.607. The summed E-state index contributed by atoms with van der Waals surface area (Å²) in [5.74, 6) is 0.793. The average Bonchev–Trinajstić information content (AvgIpc) is 2.86. The molecular formula is C17H24BrNS. The SMILES string of the molecule is CCCNCCC(C)CCc1csc2c(Br)cccc12. The van der Waals surface area contributed by atoms with Crippen LogP contribution in [0.4, 0.5) is 0 Å². The summed E-state index contributed by atoms with van der Waals surface area (Å²) >= 11 is 5.50. The van der Waals surface area contributed by atoms with Gasteiger partial charge in [-0.15, -0.1) is 11.3 Å². The molecule has 0 spiro atoms. The highest BCUT2D eigenvalue weighted by molar-refractivity contribution is 9.10. The predicted octanol–water partition coefficient (Wildman–Crippen LogP) is 5.62. The lowest BCUT2D eigenvalue weighted by molar-refractivity contribution is 0.471. The number of fused-ring (bicyclic) bond motifs is 1. The molecule has 3 heteroatoms. The van der Waals surface area contributed by atoms with E-state index >= 15 is 0 Å². The Balaban J connectivity index is 1.85. The fraction of sp³-hybridized carbons (Fsp3) is 0.529. The summed E-state index contributed by atoms with van der Waals surface area (Å²) < 4.78 is 2.61. The Hall–Kier alpha value is -0.380. The molecule has 1 unspecified atom stereocenters. The maximum absolute atomic E-state index is 3.64. The summed E-state index contributed by atoms with van der Waals surface area (Å²) in [6, 6.07) is 6.52. The van der Waals surface area contributed by atoms with Gasteiger partial charge in [0, 0.05) is 9.17 Å². The Morgan fingerprint density at radius 2 is 2.10 bits per heavy atom. The molecule has 0 bridgehead atoms. The molecule has 1 nitrogen and oxygen atoms in total. The van der Waals surface area contributed by atoms with E-state index in [-0.39, 0.29) is 0 Å². The third-order valence-corrected chi connectivity index (χ3v) is 5.78. The summed E-state index contributed by atoms with van der Waals surface area (Å²) in [5.41, 5.74) is 1.51. The molecule has 1 heterocycles. The Morgan fingerprint density at radius 1 is 1.25 bits per heavy atom. The molecular weight excluding hydrogens is 330 g/mol. The molecule has 0 aliphatic rings. The summed E-state index contributed by atoms with van der Waals surface area (Å²) in [7, 11) is 0. The van der Waals surface area contributed by atoms with Gasteiger partial charge in [-0.3, -0.25) is 0 Å². The molecule has 0 saturated carbocycles. The van der Waals surface area contributed by atoms with Gasteiger partial charge in [-0.1, -0.05) is 26.0 Å². The van der Waals surface area contributed by atoms with E-state index in [0.29, 0.717) is 0 Å². The number of thiophene rings is 1. The van der Waals surface area contributed by atoms with Crippen LogP contribution in [0.3, 0.4) is 0 Å². The van der Waals surface area contributed by atoms with Gasteiger partial charge < -0.3 is 5.32 Å². The lowest BCUT2D eigenvalue weighted by Crippen LogP contribution is -2.18. The Labute approximate surface area is 134 Å². The van der Waals surface area contributed by atoms with Crippen molar-refractivity contribution in [1.29, 1.82) is 0 Å². The van der Waals surface area contributed by atoms with Crippen LogP contribution < -0.4 is 5.32 Å². The molecule has 0 saturated heterocycles. The van der Waals surface area contributed by atoms with E-state index < -0.39 is 0 Å². The van der Waals surface area contributed by atoms with Crippen molar-refractivity contribution in [3.05, 3.63) is 33.6 Å². The lowest BCUT2D eigenvalue weighted by Gasteiger charge is -2.11. The molecule has 0 aliphatic carbocycles. The van der Waals surface area contributed by atoms with E-state index in [1.165, 1.54) is 45.8 Å². The van der Waals surface area contributed by atoms with E-state index in [1.807, 2.05) is 11.3 Å². The van der Waals surface area contributed by atoms with Crippen LogP contribution in [0.2, 0.25) is 0 Å². The van der Waals surface area contributed by atoms with Gasteiger partial charge in [-0.2, -0.15) is 0 Å². The molecule has 1 aromatic carbocycles. The first-order chi connectivity index (χ1) is 9.72. The first-order valence-corrected chi connectivity index (χ1v) is 9.25. The molecule has 110 valence electrons. The normalized spacial score (nSPS) is 12.9. The van der Waals surface area contributed by atoms with Gasteiger partial charge in [0.15, 0.2) is 0 Å². The zero-order chi connectivity index (χ0) is 14.4. The Kier molecular flexibility index (Phi) is 6.53. The smallest absolute Gasteiger partial charge is 0.0487 e. The summed E-state index contributed by atoms with van der Waals surface area (Å²) in [5, 5.41) is 7.25. The minimum absolute atomic E-state index is 0.793. The maximum Gasteiger partial charge on any atom is 0.0487 e. The minimum atomic E-state index is 0.793. The average molecular weight is 354 g/mol. The maximum atomic E-state index is 3.64. The molecule has 2 aromatic rings. The number of halogens is 1. The summed E-state index contributed by atoms with van der Waals surface area (Å²) in [4.78, 5) is 0. The van der Waals surface area contributed by atoms with Gasteiger partial charge in [0.1, 0.15) is 0 Å². The van der Waals surface area contributed by atoms with Gasteiger partial charge in [-0.05, 0) is 83.0 Å². The highest BCUT2D eigenvalue weighted by Crippen LogP contribution is 2.33. The zero-order valence-electron chi connectivity index (χ0n) is 12.4. The van der Waals surface area contributed by atoms with Gasteiger partial charge >= 0.3 is 0 Å². The number of hydrogen-bond donors (Lipinski definition) is 1. The molecule has 1 aromatic heterocycles. The highest BCUT2D eigenvalue weighted by atomic mass is 79.9. The van der Waals surface area contributed by atoms with Crippen LogP contribution in [0.15, 0.2) is 28.1 Å². The summed E-state index contributed by atoms with van der Waals surface area (Å²) in [6.07, 6.45) is 4.99. The second-order valence-corrected chi connectivity index (χ2v) is 7.29. The van der Waals surface area contributed by atoms with E-state index in [9.17, 15) is 0 Å². The fourth-order valence-corrected chi connectivity index (χ4v) is 4.12. The van der Waals surface area contributed by atoms with Crippen LogP contribution in [0.1, 0.15) is 38.7 Å². The van der Waals surface area contributed by atoms with Crippen molar-refractivity contribution in [3.63, 3.8) is 0 Å². The molecule has 2 rings (SSSR count). The standard InChI is InChI=1S/C17H24BrNS/c1-3-10-19-11-9-13(2)7-8-14-12-20-17-15(14)5-4-6-16(17)18/h4-6,12-13,19H,3,7-11H2,1-2H3. The number of aryl methyl sites for hydroxylation is 1. The van der Waals surface area contributed by atoms with E-state index in [4.69, 9.17) is 0 Å². The second kappa shape index (κ2) is 8.16. The topological polar surface area (TPSA) is 12.0 Å². The number of nitrogens with one attached hydrogen (secondary N) is 1. The molecule has 1 atom stereocenters. The molecule has 0 fully saturated rings. The van der Waals surface area contributed by atoms with E-state index in [1.54, 1.807) is 0 Å². The van der Waals surface area contributed by atoms with Crippen molar-refractivity contribution < 1.29 is 0 Å². The van der Waals surface area contributed by atoms with Crippen LogP contribution in [0, 0.1) is 5.92 Å². The number of hydrogen-bond acceptors (Lipinski definition) is 2. The van der Waals surface area contributed by atoms with Crippen molar-refractivity contribution in [1.82, 2.24) is 5.32 Å². The van der Waals surface area contributed by atoms with Crippen molar-refractivity contribution in [2.45, 2.75) is 39.5 Å². The largest absolute Gasteiger partial charge is 0.317 e. The zero-order valence-corrected chi connectivity index (χ0v) is 14.8. The Morgan fingerprint density at radius 3 is 2.90 bits per heavy atom. The van der Waals surface area contributed by atoms with Gasteiger partial charge in [0.05, 0.1) is 0 Å². The monoisotopic (exact) mass is 353 g/mol. The fourth-order valence-electron chi connectivity index (χ4n) is 2.47. The van der Waals surface area contributed by atoms with E-state index in [0.717, 1.165) is 19.0 Å². The van der Waals surface area contributed by atoms with Crippen LogP contribution in [-0.2, 0) is 6.42 Å². The number of rotatable bonds is 8. The van der Waals surface area contributed by atoms with Crippen molar-refractivity contribution in [3.8, 4) is 0 Å². The van der Waals surface area contributed by atoms with Crippen molar-refractivity contribution >= 4 is 37.4 Å². The van der Waals surface area contributed by atoms with Gasteiger partial charge in [0.25, 0.3) is 0 Å². The minimum Gasteiger partial charge on any atom is -0.317 e. The van der Waals surface area contributed by atoms with Crippen LogP contribution in [0.5, 0.6) is 0 Å². The highest BCUT2D eigenvalue weighted by Gasteiger charge is 2.08. The first kappa shape index (κ1) is 16.0. The molecule has 0 aliphatic heterocycles. The predicted molar refractivity (Wildman–Crippen MR) is 94.8 cm³/mol. The van der Waals surface area contributed by atoms with Gasteiger partial charge in [-0.25, -0.2) is 0 Å². The molecule has 0 radical (unpaired) electrons. The van der Waals surface area contributed by atoms with E-state index in [2.05, 4.69) is 58.7 Å². The molecule has 1 N–H and O–H groups in total.